The maximum absolute atomic E-state index is 12.5. The number of anilines is 1. The first kappa shape index (κ1) is 24.2. The zero-order valence-corrected chi connectivity index (χ0v) is 19.3. The number of nitrogens with zero attached hydrogens (tertiary/aromatic N) is 2. The highest BCUT2D eigenvalue weighted by Crippen LogP contribution is 2.27. The van der Waals surface area contributed by atoms with Gasteiger partial charge in [-0.1, -0.05) is 24.0 Å². The van der Waals surface area contributed by atoms with E-state index in [4.69, 9.17) is 4.74 Å². The normalized spacial score (nSPS) is 19.3. The molecule has 0 aliphatic carbocycles. The Morgan fingerprint density at radius 3 is 2.69 bits per heavy atom. The van der Waals surface area contributed by atoms with E-state index in [2.05, 4.69) is 22.1 Å². The molecule has 4 N–H and O–H groups in total. The molecule has 4 rings (SSSR count). The number of fused-ring (bicyclic) bond motifs is 1. The summed E-state index contributed by atoms with van der Waals surface area (Å²) in [5.74, 6) is 5.06. The average molecular weight is 479 g/mol. The molecule has 0 saturated carbocycles. The van der Waals surface area contributed by atoms with E-state index in [1.165, 1.54) is 6.20 Å². The molecule has 1 saturated heterocycles. The summed E-state index contributed by atoms with van der Waals surface area (Å²) in [7, 11) is 3.93. The van der Waals surface area contributed by atoms with E-state index in [0.717, 1.165) is 21.0 Å². The topological polar surface area (TPSA) is 137 Å². The number of carbonyl (C=O) groups is 1. The molecule has 1 aromatic heterocycles. The summed E-state index contributed by atoms with van der Waals surface area (Å²) in [4.78, 5) is 41.0. The summed E-state index contributed by atoms with van der Waals surface area (Å²) >= 11 is 0. The molecule has 2 heterocycles. The molecule has 182 valence electrons. The molecule has 0 radical (unpaired) electrons. The van der Waals surface area contributed by atoms with Gasteiger partial charge in [-0.3, -0.25) is 19.1 Å². The first-order chi connectivity index (χ1) is 16.8. The van der Waals surface area contributed by atoms with E-state index >= 15 is 0 Å². The fourth-order valence-corrected chi connectivity index (χ4v) is 3.86. The molecule has 1 aliphatic heterocycles. The van der Waals surface area contributed by atoms with Crippen molar-refractivity contribution in [3.05, 3.63) is 74.6 Å². The van der Waals surface area contributed by atoms with Crippen molar-refractivity contribution in [1.82, 2.24) is 14.9 Å². The van der Waals surface area contributed by atoms with E-state index < -0.39 is 36.3 Å². The van der Waals surface area contributed by atoms with Crippen molar-refractivity contribution in [2.45, 2.75) is 24.9 Å². The number of rotatable bonds is 5. The number of aliphatic hydroxyl groups excluding tert-OH is 2. The quantitative estimate of drug-likeness (QED) is 0.384. The molecular weight excluding hydrogens is 452 g/mol. The molecule has 10 nitrogen and oxygen atoms in total. The highest BCUT2D eigenvalue weighted by molar-refractivity contribution is 5.99. The molecule has 1 aliphatic rings. The molecule has 3 atom stereocenters. The van der Waals surface area contributed by atoms with Crippen LogP contribution in [0.2, 0.25) is 0 Å². The molecule has 2 aromatic carbocycles. The van der Waals surface area contributed by atoms with Crippen molar-refractivity contribution in [2.75, 3.05) is 32.1 Å². The van der Waals surface area contributed by atoms with E-state index in [0.29, 0.717) is 5.56 Å². The van der Waals surface area contributed by atoms with Crippen LogP contribution in [0.5, 0.6) is 0 Å². The van der Waals surface area contributed by atoms with Gasteiger partial charge in [-0.2, -0.15) is 0 Å². The number of aromatic amines is 1. The fraction of sp³-hybridized carbons (Fsp3) is 0.320. The van der Waals surface area contributed by atoms with Crippen LogP contribution in [0.15, 0.2) is 52.2 Å². The summed E-state index contributed by atoms with van der Waals surface area (Å²) in [6.07, 6.45) is -1.25. The Labute approximate surface area is 200 Å². The first-order valence-electron chi connectivity index (χ1n) is 11.0. The molecule has 0 spiro atoms. The molecule has 1 amide bonds. The van der Waals surface area contributed by atoms with Gasteiger partial charge in [0.15, 0.2) is 0 Å². The number of amides is 1. The molecule has 35 heavy (non-hydrogen) atoms. The Morgan fingerprint density at radius 2 is 1.97 bits per heavy atom. The van der Waals surface area contributed by atoms with Crippen molar-refractivity contribution in [3.8, 4) is 11.8 Å². The number of aromatic nitrogens is 2. The Morgan fingerprint density at radius 1 is 1.23 bits per heavy atom. The number of nitrogens with one attached hydrogen (secondary N) is 2. The van der Waals surface area contributed by atoms with E-state index in [1.54, 1.807) is 12.1 Å². The minimum absolute atomic E-state index is 0.00629. The Bertz CT molecular complexity index is 1430. The molecule has 1 fully saturated rings. The Hall–Kier alpha value is -3.91. The third-order valence-electron chi connectivity index (χ3n) is 5.82. The third-order valence-corrected chi connectivity index (χ3v) is 5.82. The molecule has 3 aromatic rings. The second-order valence-electron chi connectivity index (χ2n) is 8.45. The maximum atomic E-state index is 12.5. The molecular formula is C25H26N4O6. The number of ether oxygens (including phenoxy) is 1. The summed E-state index contributed by atoms with van der Waals surface area (Å²) in [5.41, 5.74) is 0.174. The van der Waals surface area contributed by atoms with Gasteiger partial charge in [0, 0.05) is 38.0 Å². The summed E-state index contributed by atoms with van der Waals surface area (Å²) < 4.78 is 6.60. The monoisotopic (exact) mass is 478 g/mol. The summed E-state index contributed by atoms with van der Waals surface area (Å²) in [6.45, 7) is -0.406. The van der Waals surface area contributed by atoms with Gasteiger partial charge < -0.3 is 25.2 Å². The van der Waals surface area contributed by atoms with Crippen LogP contribution in [0.1, 0.15) is 28.6 Å². The van der Waals surface area contributed by atoms with Crippen LogP contribution in [0.3, 0.4) is 0 Å². The number of aliphatic hydroxyl groups is 2. The van der Waals surface area contributed by atoms with Crippen molar-refractivity contribution >= 4 is 22.4 Å². The van der Waals surface area contributed by atoms with Gasteiger partial charge in [0.05, 0.1) is 19.3 Å². The lowest BCUT2D eigenvalue weighted by atomic mass is 10.1. The van der Waals surface area contributed by atoms with Gasteiger partial charge >= 0.3 is 5.69 Å². The number of hydrogen-bond acceptors (Lipinski definition) is 7. The lowest BCUT2D eigenvalue weighted by Gasteiger charge is -2.14. The lowest BCUT2D eigenvalue weighted by molar-refractivity contribution is -0.0459. The SMILES string of the molecule is CN(C)c1ccc2cc(C(=O)NCC#Cc3cn([C@H]4C[C@H](O)[C@@H](CO)O4)c(=O)[nH]c3=O)ccc2c1. The number of benzene rings is 2. The second-order valence-corrected chi connectivity index (χ2v) is 8.45. The molecule has 10 heteroatoms. The number of hydrogen-bond donors (Lipinski definition) is 4. The van der Waals surface area contributed by atoms with Gasteiger partial charge in [-0.05, 0) is 35.0 Å². The fourth-order valence-electron chi connectivity index (χ4n) is 3.86. The Balaban J connectivity index is 1.44. The molecule has 0 bridgehead atoms. The predicted molar refractivity (Wildman–Crippen MR) is 130 cm³/mol. The van der Waals surface area contributed by atoms with Crippen LogP contribution in [0, 0.1) is 11.8 Å². The Kier molecular flexibility index (Phi) is 7.02. The summed E-state index contributed by atoms with van der Waals surface area (Å²) in [6, 6.07) is 11.4. The maximum Gasteiger partial charge on any atom is 0.330 e. The highest BCUT2D eigenvalue weighted by Gasteiger charge is 2.35. The van der Waals surface area contributed by atoms with Crippen LogP contribution < -0.4 is 21.5 Å². The van der Waals surface area contributed by atoms with Gasteiger partial charge in [0.25, 0.3) is 11.5 Å². The van der Waals surface area contributed by atoms with Gasteiger partial charge in [0.1, 0.15) is 17.9 Å². The van der Waals surface area contributed by atoms with Crippen molar-refractivity contribution in [3.63, 3.8) is 0 Å². The van der Waals surface area contributed by atoms with Crippen LogP contribution in [-0.4, -0.2) is 65.1 Å². The van der Waals surface area contributed by atoms with Crippen LogP contribution >= 0.6 is 0 Å². The van der Waals surface area contributed by atoms with Gasteiger partial charge in [0.2, 0.25) is 0 Å². The minimum atomic E-state index is -0.932. The number of carbonyl (C=O) groups excluding carboxylic acids is 1. The zero-order valence-electron chi connectivity index (χ0n) is 19.3. The largest absolute Gasteiger partial charge is 0.394 e. The van der Waals surface area contributed by atoms with E-state index in [-0.39, 0.29) is 24.4 Å². The van der Waals surface area contributed by atoms with Crippen LogP contribution in [0.25, 0.3) is 10.8 Å². The minimum Gasteiger partial charge on any atom is -0.394 e. The van der Waals surface area contributed by atoms with Crippen LogP contribution in [-0.2, 0) is 4.74 Å². The van der Waals surface area contributed by atoms with Gasteiger partial charge in [-0.15, -0.1) is 0 Å². The average Bonchev–Trinajstić information content (AvgIpc) is 3.22. The smallest absolute Gasteiger partial charge is 0.330 e. The van der Waals surface area contributed by atoms with Gasteiger partial charge in [-0.25, -0.2) is 4.79 Å². The van der Waals surface area contributed by atoms with Crippen molar-refractivity contribution in [2.24, 2.45) is 0 Å². The first-order valence-corrected chi connectivity index (χ1v) is 11.0. The van der Waals surface area contributed by atoms with E-state index in [9.17, 15) is 24.6 Å². The summed E-state index contributed by atoms with van der Waals surface area (Å²) in [5, 5.41) is 23.8. The lowest BCUT2D eigenvalue weighted by Crippen LogP contribution is -2.33. The van der Waals surface area contributed by atoms with E-state index in [1.807, 2.05) is 43.3 Å². The van der Waals surface area contributed by atoms with Crippen molar-refractivity contribution < 1.29 is 19.7 Å². The second kappa shape index (κ2) is 10.1. The predicted octanol–water partition coefficient (Wildman–Crippen LogP) is 0.178. The van der Waals surface area contributed by atoms with Crippen molar-refractivity contribution in [1.29, 1.82) is 0 Å². The standard InChI is InChI=1S/C25H26N4O6/c1-28(2)19-8-7-15-10-17(6-5-16(15)11-19)23(32)26-9-3-4-18-13-29(25(34)27-24(18)33)22-12-20(31)21(14-30)35-22/h5-8,10-11,13,20-22,30-31H,9,12,14H2,1-2H3,(H,26,32)(H,27,33,34)/t20-,21+,22+/m0/s1. The molecule has 0 unspecified atom stereocenters. The third kappa shape index (κ3) is 5.27. The zero-order chi connectivity index (χ0) is 25.1. The van der Waals surface area contributed by atoms with Crippen LogP contribution in [0.4, 0.5) is 5.69 Å². The highest BCUT2D eigenvalue weighted by atomic mass is 16.5. The number of H-pyrrole nitrogens is 1.